The van der Waals surface area contributed by atoms with Gasteiger partial charge in [0.1, 0.15) is 0 Å². The normalized spacial score (nSPS) is 11.5. The lowest BCUT2D eigenvalue weighted by molar-refractivity contribution is 0.0687. The first-order valence-corrected chi connectivity index (χ1v) is 4.78. The fourth-order valence-corrected chi connectivity index (χ4v) is 1.36. The molecule has 0 amide bonds. The molecule has 0 saturated heterocycles. The molecule has 0 aromatic rings. The minimum atomic E-state index is 0.940. The van der Waals surface area contributed by atoms with Crippen LogP contribution in [0.4, 0.5) is 0 Å². The quantitative estimate of drug-likeness (QED) is 0.456. The van der Waals surface area contributed by atoms with Crippen molar-refractivity contribution in [3.8, 4) is 0 Å². The van der Waals surface area contributed by atoms with E-state index in [2.05, 4.69) is 25.8 Å². The van der Waals surface area contributed by atoms with Gasteiger partial charge in [-0.3, -0.25) is 0 Å². The number of hydrogen-bond acceptors (Lipinski definition) is 2. The van der Waals surface area contributed by atoms with Crippen LogP contribution in [0.5, 0.6) is 0 Å². The predicted molar refractivity (Wildman–Crippen MR) is 50.4 cm³/mol. The molecule has 0 aromatic heterocycles. The van der Waals surface area contributed by atoms with E-state index in [1.807, 2.05) is 0 Å². The first kappa shape index (κ1) is 11.2. The highest BCUT2D eigenvalue weighted by atomic mass is 35.5. The molecule has 11 heavy (non-hydrogen) atoms. The topological polar surface area (TPSA) is 6.48 Å². The van der Waals surface area contributed by atoms with E-state index in [1.54, 1.807) is 4.53 Å². The molecule has 0 radical (unpaired) electrons. The Kier molecular flexibility index (Phi) is 7.02. The number of rotatable bonds is 6. The molecule has 3 heteroatoms. The summed E-state index contributed by atoms with van der Waals surface area (Å²) in [6, 6.07) is 0. The molecule has 0 spiro atoms. The van der Waals surface area contributed by atoms with Crippen LogP contribution in [0.15, 0.2) is 0 Å². The minimum absolute atomic E-state index is 0.940. The summed E-state index contributed by atoms with van der Waals surface area (Å²) in [5.74, 6) is 0. The van der Waals surface area contributed by atoms with E-state index in [0.717, 1.165) is 32.5 Å². The van der Waals surface area contributed by atoms with Crippen molar-refractivity contribution in [2.24, 2.45) is 0 Å². The molecule has 0 aliphatic rings. The third-order valence-corrected chi connectivity index (χ3v) is 1.94. The van der Waals surface area contributed by atoms with Crippen molar-refractivity contribution in [1.82, 2.24) is 9.54 Å². The Labute approximate surface area is 75.2 Å². The minimum Gasteiger partial charge on any atom is -0.228 e. The highest BCUT2D eigenvalue weighted by Crippen LogP contribution is 2.03. The summed E-state index contributed by atoms with van der Waals surface area (Å²) in [6.45, 7) is 9.42. The lowest BCUT2D eigenvalue weighted by Gasteiger charge is -2.27. The molecule has 0 rings (SSSR count). The molecular weight excluding hydrogens is 160 g/mol. The smallest absolute Gasteiger partial charge is 0.0296 e. The fourth-order valence-electron chi connectivity index (χ4n) is 1.00. The standard InChI is InChI=1S/C8H19ClN2/c1-4-7-10(6-3)11(9)8-5-2/h4-8H2,1-3H3. The summed E-state index contributed by atoms with van der Waals surface area (Å²) >= 11 is 5.99. The molecule has 0 atom stereocenters. The summed E-state index contributed by atoms with van der Waals surface area (Å²) in [7, 11) is 0. The predicted octanol–water partition coefficient (Wildman–Crippen LogP) is 2.50. The largest absolute Gasteiger partial charge is 0.228 e. The molecular formula is C8H19ClN2. The van der Waals surface area contributed by atoms with E-state index >= 15 is 0 Å². The molecule has 0 aromatic carbocycles. The lowest BCUT2D eigenvalue weighted by atomic mass is 10.4. The van der Waals surface area contributed by atoms with Gasteiger partial charge in [0, 0.05) is 19.6 Å². The van der Waals surface area contributed by atoms with Crippen LogP contribution in [0.2, 0.25) is 0 Å². The van der Waals surface area contributed by atoms with Crippen LogP contribution in [0.25, 0.3) is 0 Å². The maximum Gasteiger partial charge on any atom is 0.0296 e. The summed E-state index contributed by atoms with van der Waals surface area (Å²) < 4.78 is 1.80. The zero-order valence-electron chi connectivity index (χ0n) is 7.81. The van der Waals surface area contributed by atoms with Gasteiger partial charge in [-0.1, -0.05) is 20.8 Å². The van der Waals surface area contributed by atoms with Crippen LogP contribution in [0, 0.1) is 0 Å². The number of nitrogens with zero attached hydrogens (tertiary/aromatic N) is 2. The molecule has 0 heterocycles. The van der Waals surface area contributed by atoms with E-state index in [-0.39, 0.29) is 0 Å². The van der Waals surface area contributed by atoms with Crippen LogP contribution < -0.4 is 0 Å². The summed E-state index contributed by atoms with van der Waals surface area (Å²) in [6.07, 6.45) is 2.25. The van der Waals surface area contributed by atoms with Gasteiger partial charge in [0.2, 0.25) is 0 Å². The van der Waals surface area contributed by atoms with E-state index in [4.69, 9.17) is 11.8 Å². The van der Waals surface area contributed by atoms with Crippen molar-refractivity contribution in [1.29, 1.82) is 0 Å². The number of halogens is 1. The second kappa shape index (κ2) is 6.89. The van der Waals surface area contributed by atoms with Gasteiger partial charge in [0.25, 0.3) is 0 Å². The second-order valence-corrected chi connectivity index (χ2v) is 3.00. The van der Waals surface area contributed by atoms with Crippen molar-refractivity contribution in [2.45, 2.75) is 33.6 Å². The number of hydrogen-bond donors (Lipinski definition) is 0. The molecule has 2 nitrogen and oxygen atoms in total. The monoisotopic (exact) mass is 178 g/mol. The lowest BCUT2D eigenvalue weighted by Crippen LogP contribution is -2.36. The summed E-state index contributed by atoms with van der Waals surface area (Å²) in [5, 5.41) is 2.16. The second-order valence-electron chi connectivity index (χ2n) is 2.61. The van der Waals surface area contributed by atoms with Gasteiger partial charge >= 0.3 is 0 Å². The highest BCUT2D eigenvalue weighted by Gasteiger charge is 2.07. The zero-order chi connectivity index (χ0) is 8.69. The third-order valence-electron chi connectivity index (χ3n) is 1.56. The highest BCUT2D eigenvalue weighted by molar-refractivity contribution is 6.12. The van der Waals surface area contributed by atoms with Gasteiger partial charge in [-0.15, -0.1) is 0 Å². The van der Waals surface area contributed by atoms with Crippen LogP contribution in [0.1, 0.15) is 33.6 Å². The molecule has 0 unspecified atom stereocenters. The van der Waals surface area contributed by atoms with Gasteiger partial charge in [0.05, 0.1) is 0 Å². The maximum absolute atomic E-state index is 5.99. The SMILES string of the molecule is CCCN(Cl)N(CC)CCC. The molecule has 0 aliphatic carbocycles. The average Bonchev–Trinajstić information content (AvgIpc) is 2.00. The van der Waals surface area contributed by atoms with E-state index in [9.17, 15) is 0 Å². The molecule has 0 fully saturated rings. The van der Waals surface area contributed by atoms with E-state index < -0.39 is 0 Å². The molecule has 0 aliphatic heterocycles. The number of hydrazine groups is 1. The first-order chi connectivity index (χ1) is 5.26. The van der Waals surface area contributed by atoms with Gasteiger partial charge in [-0.05, 0) is 24.6 Å². The van der Waals surface area contributed by atoms with Crippen molar-refractivity contribution < 1.29 is 0 Å². The Morgan fingerprint density at radius 1 is 1.00 bits per heavy atom. The van der Waals surface area contributed by atoms with Crippen molar-refractivity contribution >= 4 is 11.8 Å². The Bertz CT molecular complexity index is 88.2. The molecule has 68 valence electrons. The van der Waals surface area contributed by atoms with Crippen LogP contribution in [-0.4, -0.2) is 29.2 Å². The Hall–Kier alpha value is 0.210. The molecule has 0 bridgehead atoms. The summed E-state index contributed by atoms with van der Waals surface area (Å²) in [5.41, 5.74) is 0. The Morgan fingerprint density at radius 2 is 1.55 bits per heavy atom. The third kappa shape index (κ3) is 4.62. The first-order valence-electron chi connectivity index (χ1n) is 4.44. The zero-order valence-corrected chi connectivity index (χ0v) is 8.56. The van der Waals surface area contributed by atoms with Gasteiger partial charge in [0.15, 0.2) is 0 Å². The fraction of sp³-hybridized carbons (Fsp3) is 1.00. The summed E-state index contributed by atoms with van der Waals surface area (Å²) in [4.78, 5) is 0. The van der Waals surface area contributed by atoms with E-state index in [1.165, 1.54) is 0 Å². The van der Waals surface area contributed by atoms with Crippen LogP contribution >= 0.6 is 11.8 Å². The Balaban J connectivity index is 3.61. The van der Waals surface area contributed by atoms with E-state index in [0.29, 0.717) is 0 Å². The van der Waals surface area contributed by atoms with Crippen LogP contribution in [-0.2, 0) is 0 Å². The van der Waals surface area contributed by atoms with Crippen molar-refractivity contribution in [3.05, 3.63) is 0 Å². The van der Waals surface area contributed by atoms with Gasteiger partial charge in [-0.2, -0.15) is 4.53 Å². The van der Waals surface area contributed by atoms with Gasteiger partial charge in [-0.25, -0.2) is 5.01 Å². The average molecular weight is 179 g/mol. The molecule has 0 saturated carbocycles. The van der Waals surface area contributed by atoms with Crippen molar-refractivity contribution in [2.75, 3.05) is 19.6 Å². The van der Waals surface area contributed by atoms with Crippen molar-refractivity contribution in [3.63, 3.8) is 0 Å². The maximum atomic E-state index is 5.99. The molecule has 0 N–H and O–H groups in total. The van der Waals surface area contributed by atoms with Gasteiger partial charge < -0.3 is 0 Å². The van der Waals surface area contributed by atoms with Crippen LogP contribution in [0.3, 0.4) is 0 Å². The Morgan fingerprint density at radius 3 is 1.91 bits per heavy atom.